The summed E-state index contributed by atoms with van der Waals surface area (Å²) < 4.78 is 18.6. The van der Waals surface area contributed by atoms with Gasteiger partial charge in [-0.1, -0.05) is 33.3 Å². The van der Waals surface area contributed by atoms with Gasteiger partial charge in [-0.05, 0) is 56.7 Å². The van der Waals surface area contributed by atoms with Gasteiger partial charge in [0, 0.05) is 16.1 Å². The fourth-order valence-corrected chi connectivity index (χ4v) is 5.59. The number of allylic oxidation sites excluding steroid dienone is 1. The molecule has 0 saturated carbocycles. The van der Waals surface area contributed by atoms with Crippen LogP contribution in [0.3, 0.4) is 0 Å². The highest BCUT2D eigenvalue weighted by Gasteiger charge is 2.35. The minimum Gasteiger partial charge on any atom is -0.496 e. The molecule has 2 heterocycles. The molecule has 1 atom stereocenters. The Labute approximate surface area is 229 Å². The van der Waals surface area contributed by atoms with Gasteiger partial charge >= 0.3 is 11.7 Å². The number of halogens is 1. The van der Waals surface area contributed by atoms with Crippen LogP contribution in [0.1, 0.15) is 37.9 Å². The second-order valence-corrected chi connectivity index (χ2v) is 10.5. The lowest BCUT2D eigenvalue weighted by atomic mass is 9.95. The maximum Gasteiger partial charge on any atom is 0.338 e. The zero-order valence-corrected chi connectivity index (χ0v) is 23.6. The van der Waals surface area contributed by atoms with E-state index in [9.17, 15) is 19.7 Å². The molecule has 0 radical (unpaired) electrons. The molecule has 0 N–H and O–H groups in total. The van der Waals surface area contributed by atoms with Crippen molar-refractivity contribution in [3.05, 3.63) is 93.1 Å². The van der Waals surface area contributed by atoms with Crippen LogP contribution >= 0.6 is 27.3 Å². The van der Waals surface area contributed by atoms with Crippen molar-refractivity contribution in [3.63, 3.8) is 0 Å². The van der Waals surface area contributed by atoms with Crippen LogP contribution in [-0.2, 0) is 9.53 Å². The number of nitro groups is 1. The molecular weight excluding hydrogens is 578 g/mol. The molecule has 0 aliphatic carbocycles. The first-order chi connectivity index (χ1) is 18.0. The Morgan fingerprint density at radius 1 is 1.18 bits per heavy atom. The standard InChI is InChI=1S/C26H24BrN3O7S/c1-13(2)37-25(32)22-14(3)28-26-29(23(22)17-12-16(27)7-9-19(17)35-4)24(31)21(38-26)11-15-6-8-20(36-5)18(10-15)30(33)34/h6-13,23H,1-5H3/b21-11-/t23-/m0/s1. The fraction of sp³-hybridized carbons (Fsp3) is 0.269. The minimum atomic E-state index is -0.877. The minimum absolute atomic E-state index is 0.110. The van der Waals surface area contributed by atoms with E-state index in [1.54, 1.807) is 51.1 Å². The third-order valence-corrected chi connectivity index (χ3v) is 7.24. The molecule has 0 amide bonds. The summed E-state index contributed by atoms with van der Waals surface area (Å²) in [6, 6.07) is 8.88. The number of nitro benzene ring substituents is 1. The molecule has 0 fully saturated rings. The number of carbonyl (C=O) groups excluding carboxylic acids is 1. The Morgan fingerprint density at radius 3 is 2.50 bits per heavy atom. The van der Waals surface area contributed by atoms with Crippen LogP contribution in [-0.4, -0.2) is 35.8 Å². The van der Waals surface area contributed by atoms with Gasteiger partial charge in [-0.2, -0.15) is 0 Å². The Hall–Kier alpha value is -3.77. The number of esters is 1. The maximum absolute atomic E-state index is 13.8. The zero-order valence-electron chi connectivity index (χ0n) is 21.2. The van der Waals surface area contributed by atoms with E-state index in [-0.39, 0.29) is 27.6 Å². The quantitative estimate of drug-likeness (QED) is 0.229. The Bertz CT molecular complexity index is 1660. The van der Waals surface area contributed by atoms with Gasteiger partial charge < -0.3 is 14.2 Å². The van der Waals surface area contributed by atoms with Gasteiger partial charge in [0.05, 0.1) is 41.0 Å². The van der Waals surface area contributed by atoms with Crippen molar-refractivity contribution in [2.45, 2.75) is 32.9 Å². The Balaban J connectivity index is 1.99. The number of hydrogen-bond acceptors (Lipinski definition) is 9. The molecule has 0 spiro atoms. The molecule has 2 aromatic carbocycles. The van der Waals surface area contributed by atoms with Crippen LogP contribution in [0.4, 0.5) is 5.69 Å². The van der Waals surface area contributed by atoms with Crippen molar-refractivity contribution in [1.29, 1.82) is 0 Å². The third-order valence-electron chi connectivity index (χ3n) is 5.77. The summed E-state index contributed by atoms with van der Waals surface area (Å²) >= 11 is 4.59. The summed E-state index contributed by atoms with van der Waals surface area (Å²) in [4.78, 5) is 43.0. The predicted octanol–water partition coefficient (Wildman–Crippen LogP) is 3.87. The lowest BCUT2D eigenvalue weighted by Gasteiger charge is -2.26. The van der Waals surface area contributed by atoms with Crippen LogP contribution in [0.5, 0.6) is 11.5 Å². The predicted molar refractivity (Wildman–Crippen MR) is 145 cm³/mol. The summed E-state index contributed by atoms with van der Waals surface area (Å²) in [5.74, 6) is -0.00395. The largest absolute Gasteiger partial charge is 0.496 e. The van der Waals surface area contributed by atoms with Crippen molar-refractivity contribution >= 4 is 45.0 Å². The van der Waals surface area contributed by atoms with Crippen LogP contribution in [0.25, 0.3) is 6.08 Å². The van der Waals surface area contributed by atoms with Gasteiger partial charge in [-0.25, -0.2) is 9.79 Å². The summed E-state index contributed by atoms with van der Waals surface area (Å²) in [6.45, 7) is 5.18. The van der Waals surface area contributed by atoms with Gasteiger partial charge in [0.2, 0.25) is 0 Å². The highest BCUT2D eigenvalue weighted by Crippen LogP contribution is 2.37. The number of rotatable bonds is 7. The number of hydrogen-bond donors (Lipinski definition) is 0. The molecule has 1 aliphatic heterocycles. The SMILES string of the molecule is COc1ccc(Br)cc1[C@H]1C(C(=O)OC(C)C)=C(C)N=c2s/c(=C\c3ccc(OC)c([N+](=O)[O-])c3)c(=O)n21. The molecule has 3 aromatic rings. The molecular formula is C26H24BrN3O7S. The topological polar surface area (TPSA) is 122 Å². The molecule has 1 aromatic heterocycles. The highest BCUT2D eigenvalue weighted by molar-refractivity contribution is 9.10. The first-order valence-corrected chi connectivity index (χ1v) is 13.1. The van der Waals surface area contributed by atoms with Crippen LogP contribution in [0, 0.1) is 10.1 Å². The summed E-state index contributed by atoms with van der Waals surface area (Å²) in [5.41, 5.74) is 1.00. The van der Waals surface area contributed by atoms with Gasteiger partial charge in [0.15, 0.2) is 10.6 Å². The Morgan fingerprint density at radius 2 is 1.87 bits per heavy atom. The summed E-state index contributed by atoms with van der Waals surface area (Å²) in [7, 11) is 2.86. The summed E-state index contributed by atoms with van der Waals surface area (Å²) in [6.07, 6.45) is 1.17. The van der Waals surface area contributed by atoms with Crippen molar-refractivity contribution < 1.29 is 23.9 Å². The normalized spacial score (nSPS) is 15.2. The zero-order chi connectivity index (χ0) is 27.7. The molecule has 1 aliphatic rings. The van der Waals surface area contributed by atoms with E-state index in [2.05, 4.69) is 20.9 Å². The number of methoxy groups -OCH3 is 2. The van der Waals surface area contributed by atoms with Crippen molar-refractivity contribution in [1.82, 2.24) is 4.57 Å². The lowest BCUT2D eigenvalue weighted by Crippen LogP contribution is -2.40. The molecule has 0 saturated heterocycles. The van der Waals surface area contributed by atoms with E-state index in [0.717, 1.165) is 15.8 Å². The van der Waals surface area contributed by atoms with Crippen molar-refractivity contribution in [2.75, 3.05) is 14.2 Å². The van der Waals surface area contributed by atoms with Gasteiger partial charge in [-0.3, -0.25) is 19.5 Å². The van der Waals surface area contributed by atoms with E-state index in [4.69, 9.17) is 14.2 Å². The van der Waals surface area contributed by atoms with E-state index in [1.165, 1.54) is 30.9 Å². The molecule has 12 heteroatoms. The number of thiazole rings is 1. The number of nitrogens with zero attached hydrogens (tertiary/aromatic N) is 3. The van der Waals surface area contributed by atoms with E-state index < -0.39 is 22.5 Å². The Kier molecular flexibility index (Phi) is 7.83. The molecule has 4 rings (SSSR count). The van der Waals surface area contributed by atoms with E-state index in [1.807, 2.05) is 0 Å². The number of benzene rings is 2. The number of fused-ring (bicyclic) bond motifs is 1. The highest BCUT2D eigenvalue weighted by atomic mass is 79.9. The third kappa shape index (κ3) is 5.14. The number of ether oxygens (including phenoxy) is 3. The second-order valence-electron chi connectivity index (χ2n) is 8.61. The number of carbonyl (C=O) groups is 1. The van der Waals surface area contributed by atoms with Gasteiger partial charge in [0.1, 0.15) is 11.8 Å². The van der Waals surface area contributed by atoms with Gasteiger partial charge in [-0.15, -0.1) is 0 Å². The molecule has 10 nitrogen and oxygen atoms in total. The molecule has 0 bridgehead atoms. The van der Waals surface area contributed by atoms with Crippen LogP contribution in [0.15, 0.2) is 61.9 Å². The molecule has 198 valence electrons. The average molecular weight is 602 g/mol. The van der Waals surface area contributed by atoms with Gasteiger partial charge in [0.25, 0.3) is 5.56 Å². The van der Waals surface area contributed by atoms with Crippen molar-refractivity contribution in [3.8, 4) is 11.5 Å². The van der Waals surface area contributed by atoms with Crippen LogP contribution < -0.4 is 24.4 Å². The van der Waals surface area contributed by atoms with E-state index in [0.29, 0.717) is 27.4 Å². The number of aromatic nitrogens is 1. The molecule has 0 unspecified atom stereocenters. The molecule has 38 heavy (non-hydrogen) atoms. The first kappa shape index (κ1) is 27.3. The van der Waals surface area contributed by atoms with Crippen molar-refractivity contribution in [2.24, 2.45) is 4.99 Å². The smallest absolute Gasteiger partial charge is 0.338 e. The summed E-state index contributed by atoms with van der Waals surface area (Å²) in [5, 5.41) is 11.5. The first-order valence-electron chi connectivity index (χ1n) is 11.4. The average Bonchev–Trinajstić information content (AvgIpc) is 3.16. The lowest BCUT2D eigenvalue weighted by molar-refractivity contribution is -0.385. The second kappa shape index (κ2) is 10.9. The van der Waals surface area contributed by atoms with E-state index >= 15 is 0 Å². The monoisotopic (exact) mass is 601 g/mol. The maximum atomic E-state index is 13.8. The van der Waals surface area contributed by atoms with Crippen LogP contribution in [0.2, 0.25) is 0 Å². The fourth-order valence-electron chi connectivity index (χ4n) is 4.16.